The van der Waals surface area contributed by atoms with Crippen LogP contribution < -0.4 is 10.2 Å². The van der Waals surface area contributed by atoms with Gasteiger partial charge in [-0.25, -0.2) is 9.78 Å². The highest BCUT2D eigenvalue weighted by Gasteiger charge is 2.27. The summed E-state index contributed by atoms with van der Waals surface area (Å²) >= 11 is 0. The minimum atomic E-state index is -0.626. The van der Waals surface area contributed by atoms with Gasteiger partial charge < -0.3 is 15.2 Å². The number of anilines is 1. The van der Waals surface area contributed by atoms with Gasteiger partial charge in [-0.3, -0.25) is 9.69 Å². The van der Waals surface area contributed by atoms with Crippen molar-refractivity contribution in [1.82, 2.24) is 19.9 Å². The topological polar surface area (TPSA) is 109 Å². The maximum absolute atomic E-state index is 12.6. The molecule has 2 heterocycles. The zero-order valence-electron chi connectivity index (χ0n) is 16.0. The molecule has 2 atom stereocenters. The molecule has 0 bridgehead atoms. The zero-order chi connectivity index (χ0) is 19.8. The number of ether oxygens (including phenoxy) is 1. The first-order valence-electron chi connectivity index (χ1n) is 8.94. The summed E-state index contributed by atoms with van der Waals surface area (Å²) in [4.78, 5) is 30.5. The minimum absolute atomic E-state index is 0.0601. The highest BCUT2D eigenvalue weighted by Crippen LogP contribution is 2.21. The van der Waals surface area contributed by atoms with Gasteiger partial charge in [0.15, 0.2) is 5.65 Å². The molecule has 1 unspecified atom stereocenters. The fourth-order valence-corrected chi connectivity index (χ4v) is 3.07. The molecule has 1 saturated carbocycles. The van der Waals surface area contributed by atoms with Crippen molar-refractivity contribution in [2.24, 2.45) is 0 Å². The minimum Gasteiger partial charge on any atom is -0.443 e. The number of nitrogens with one attached hydrogen (secondary N) is 1. The van der Waals surface area contributed by atoms with Crippen molar-refractivity contribution >= 4 is 23.5 Å². The number of rotatable bonds is 3. The summed E-state index contributed by atoms with van der Waals surface area (Å²) in [6, 6.07) is 1.56. The molecule has 2 aromatic rings. The maximum Gasteiger partial charge on any atom is 0.415 e. The Labute approximate surface area is 157 Å². The predicted molar refractivity (Wildman–Crippen MR) is 98.7 cm³/mol. The van der Waals surface area contributed by atoms with Gasteiger partial charge in [-0.15, -0.1) is 0 Å². The number of carbonyl (C=O) groups is 2. The first kappa shape index (κ1) is 19.1. The molecule has 2 aromatic heterocycles. The number of aliphatic hydroxyl groups excluding tert-OH is 1. The average Bonchev–Trinajstić information content (AvgIpc) is 3.18. The van der Waals surface area contributed by atoms with Gasteiger partial charge in [0.2, 0.25) is 0 Å². The van der Waals surface area contributed by atoms with Gasteiger partial charge in [0.1, 0.15) is 17.0 Å². The number of nitrogens with zero attached hydrogens (tertiary/aromatic N) is 4. The van der Waals surface area contributed by atoms with Crippen LogP contribution in [-0.2, 0) is 4.74 Å². The van der Waals surface area contributed by atoms with Crippen LogP contribution in [0, 0.1) is 0 Å². The van der Waals surface area contributed by atoms with E-state index in [0.29, 0.717) is 29.9 Å². The molecular weight excluding hydrogens is 350 g/mol. The van der Waals surface area contributed by atoms with E-state index in [0.717, 1.165) is 6.42 Å². The molecular formula is C18H25N5O4. The normalized spacial score (nSPS) is 19.9. The van der Waals surface area contributed by atoms with Crippen LogP contribution in [0.1, 0.15) is 50.4 Å². The molecule has 0 aliphatic heterocycles. The molecule has 0 radical (unpaired) electrons. The Kier molecular flexibility index (Phi) is 5.05. The molecule has 0 saturated heterocycles. The molecule has 1 fully saturated rings. The summed E-state index contributed by atoms with van der Waals surface area (Å²) in [5.74, 6) is 0.137. The van der Waals surface area contributed by atoms with E-state index in [4.69, 9.17) is 4.74 Å². The van der Waals surface area contributed by atoms with Gasteiger partial charge >= 0.3 is 6.09 Å². The Morgan fingerprint density at radius 1 is 1.37 bits per heavy atom. The monoisotopic (exact) mass is 375 g/mol. The van der Waals surface area contributed by atoms with Gasteiger partial charge in [-0.05, 0) is 46.1 Å². The second-order valence-electron chi connectivity index (χ2n) is 7.77. The predicted octanol–water partition coefficient (Wildman–Crippen LogP) is 1.74. The van der Waals surface area contributed by atoms with E-state index < -0.39 is 11.7 Å². The van der Waals surface area contributed by atoms with Crippen LogP contribution >= 0.6 is 0 Å². The number of hydrogen-bond acceptors (Lipinski definition) is 6. The van der Waals surface area contributed by atoms with Crippen LogP contribution in [0.4, 0.5) is 10.6 Å². The first-order chi connectivity index (χ1) is 12.7. The van der Waals surface area contributed by atoms with Gasteiger partial charge in [0, 0.05) is 19.3 Å². The molecule has 3 rings (SSSR count). The quantitative estimate of drug-likeness (QED) is 0.846. The Hall–Kier alpha value is -2.68. The maximum atomic E-state index is 12.6. The van der Waals surface area contributed by atoms with Crippen molar-refractivity contribution in [1.29, 1.82) is 0 Å². The molecule has 0 aromatic carbocycles. The summed E-state index contributed by atoms with van der Waals surface area (Å²) in [5, 5.41) is 16.7. The van der Waals surface area contributed by atoms with Crippen LogP contribution in [0.15, 0.2) is 18.5 Å². The number of amides is 2. The summed E-state index contributed by atoms with van der Waals surface area (Å²) in [7, 11) is 1.57. The largest absolute Gasteiger partial charge is 0.443 e. The fourth-order valence-electron chi connectivity index (χ4n) is 3.07. The second-order valence-corrected chi connectivity index (χ2v) is 7.77. The average molecular weight is 375 g/mol. The standard InChI is InChI=1S/C18H25N5O4/c1-18(2,3)27-17(26)22(4)14-7-8-19-15-13(10-20-23(14)15)16(25)21-11-5-6-12(24)9-11/h7-8,10-12,24H,5-6,9H2,1-4H3,(H,21,25)/t11?,12-/m0/s1. The first-order valence-corrected chi connectivity index (χ1v) is 8.94. The van der Waals surface area contributed by atoms with Crippen LogP contribution in [0.3, 0.4) is 0 Å². The smallest absolute Gasteiger partial charge is 0.415 e. The molecule has 9 heteroatoms. The van der Waals surface area contributed by atoms with Crippen molar-refractivity contribution in [2.45, 2.75) is 57.8 Å². The molecule has 0 spiro atoms. The summed E-state index contributed by atoms with van der Waals surface area (Å²) in [6.45, 7) is 5.37. The lowest BCUT2D eigenvalue weighted by atomic mass is 10.2. The van der Waals surface area contributed by atoms with Crippen molar-refractivity contribution in [3.05, 3.63) is 24.0 Å². The number of aliphatic hydroxyl groups is 1. The van der Waals surface area contributed by atoms with Crippen LogP contribution in [0.25, 0.3) is 5.65 Å². The van der Waals surface area contributed by atoms with E-state index in [1.165, 1.54) is 21.8 Å². The number of hydrogen-bond donors (Lipinski definition) is 2. The lowest BCUT2D eigenvalue weighted by molar-refractivity contribution is 0.0587. The highest BCUT2D eigenvalue weighted by atomic mass is 16.6. The summed E-state index contributed by atoms with van der Waals surface area (Å²) < 4.78 is 6.81. The second kappa shape index (κ2) is 7.15. The molecule has 1 aliphatic rings. The third kappa shape index (κ3) is 4.19. The van der Waals surface area contributed by atoms with Crippen molar-refractivity contribution in [2.75, 3.05) is 11.9 Å². The molecule has 2 amide bonds. The Balaban J connectivity index is 1.84. The van der Waals surface area contributed by atoms with Gasteiger partial charge in [-0.2, -0.15) is 9.61 Å². The Bertz CT molecular complexity index is 857. The third-order valence-electron chi connectivity index (χ3n) is 4.38. The summed E-state index contributed by atoms with van der Waals surface area (Å²) in [6.07, 6.45) is 4.02. The highest BCUT2D eigenvalue weighted by molar-refractivity contribution is 6.00. The lowest BCUT2D eigenvalue weighted by Crippen LogP contribution is -2.35. The van der Waals surface area contributed by atoms with Gasteiger partial charge in [0.05, 0.1) is 12.3 Å². The molecule has 2 N–H and O–H groups in total. The van der Waals surface area contributed by atoms with Crippen molar-refractivity contribution in [3.8, 4) is 0 Å². The van der Waals surface area contributed by atoms with E-state index >= 15 is 0 Å². The van der Waals surface area contributed by atoms with E-state index in [1.807, 2.05) is 0 Å². The molecule has 27 heavy (non-hydrogen) atoms. The Morgan fingerprint density at radius 2 is 2.11 bits per heavy atom. The van der Waals surface area contributed by atoms with Crippen molar-refractivity contribution in [3.63, 3.8) is 0 Å². The van der Waals surface area contributed by atoms with Gasteiger partial charge in [-0.1, -0.05) is 0 Å². The molecule has 146 valence electrons. The van der Waals surface area contributed by atoms with Crippen LogP contribution in [0.2, 0.25) is 0 Å². The van der Waals surface area contributed by atoms with E-state index in [1.54, 1.807) is 33.9 Å². The number of carbonyl (C=O) groups excluding carboxylic acids is 2. The van der Waals surface area contributed by atoms with E-state index in [9.17, 15) is 14.7 Å². The Morgan fingerprint density at radius 3 is 2.74 bits per heavy atom. The molecule has 1 aliphatic carbocycles. The van der Waals surface area contributed by atoms with E-state index in [-0.39, 0.29) is 18.1 Å². The van der Waals surface area contributed by atoms with Crippen molar-refractivity contribution < 1.29 is 19.4 Å². The number of fused-ring (bicyclic) bond motifs is 1. The SMILES string of the molecule is CN(C(=O)OC(C)(C)C)c1ccnc2c(C(=O)NC3CC[C@H](O)C3)cnn12. The van der Waals surface area contributed by atoms with Crippen LogP contribution in [-0.4, -0.2) is 56.5 Å². The van der Waals surface area contributed by atoms with Gasteiger partial charge in [0.25, 0.3) is 5.91 Å². The molecule has 9 nitrogen and oxygen atoms in total. The summed E-state index contributed by atoms with van der Waals surface area (Å²) in [5.41, 5.74) is 0.0353. The third-order valence-corrected chi connectivity index (χ3v) is 4.38. The van der Waals surface area contributed by atoms with Crippen LogP contribution in [0.5, 0.6) is 0 Å². The zero-order valence-corrected chi connectivity index (χ0v) is 16.0. The lowest BCUT2D eigenvalue weighted by Gasteiger charge is -2.24. The van der Waals surface area contributed by atoms with E-state index in [2.05, 4.69) is 15.4 Å². The fraction of sp³-hybridized carbons (Fsp3) is 0.556. The number of aromatic nitrogens is 3.